The lowest BCUT2D eigenvalue weighted by Gasteiger charge is -2.15. The van der Waals surface area contributed by atoms with Crippen molar-refractivity contribution in [3.05, 3.63) is 29.8 Å². The number of hydrogen-bond donors (Lipinski definition) is 3. The van der Waals surface area contributed by atoms with Gasteiger partial charge in [-0.15, -0.1) is 0 Å². The van der Waals surface area contributed by atoms with Crippen LogP contribution in [-0.2, 0) is 4.79 Å². The van der Waals surface area contributed by atoms with Gasteiger partial charge in [0.1, 0.15) is 6.04 Å². The van der Waals surface area contributed by atoms with Crippen LogP contribution in [-0.4, -0.2) is 28.2 Å². The molecular weight excluding hydrogens is 234 g/mol. The fourth-order valence-corrected chi connectivity index (χ4v) is 1.58. The number of carboxylic acids is 2. The second kappa shape index (κ2) is 6.64. The molecule has 0 aliphatic carbocycles. The summed E-state index contributed by atoms with van der Waals surface area (Å²) in [6.45, 7) is 2.00. The molecule has 0 saturated heterocycles. The number of rotatable bonds is 7. The van der Waals surface area contributed by atoms with Crippen molar-refractivity contribution in [3.63, 3.8) is 0 Å². The minimum atomic E-state index is -0.998. The summed E-state index contributed by atoms with van der Waals surface area (Å²) in [5.74, 6) is -1.90. The van der Waals surface area contributed by atoms with Gasteiger partial charge in [0.05, 0.1) is 5.56 Å². The van der Waals surface area contributed by atoms with Crippen LogP contribution >= 0.6 is 0 Å². The van der Waals surface area contributed by atoms with E-state index < -0.39 is 18.0 Å². The van der Waals surface area contributed by atoms with Crippen molar-refractivity contribution in [1.82, 2.24) is 0 Å². The lowest BCUT2D eigenvalue weighted by atomic mass is 10.1. The molecule has 0 spiro atoms. The molecule has 0 fully saturated rings. The van der Waals surface area contributed by atoms with Crippen LogP contribution in [0.5, 0.6) is 0 Å². The molecule has 0 radical (unpaired) electrons. The highest BCUT2D eigenvalue weighted by molar-refractivity contribution is 5.88. The van der Waals surface area contributed by atoms with E-state index in [1.807, 2.05) is 6.92 Å². The number of benzene rings is 1. The van der Waals surface area contributed by atoms with E-state index in [4.69, 9.17) is 10.2 Å². The molecule has 0 bridgehead atoms. The monoisotopic (exact) mass is 251 g/mol. The highest BCUT2D eigenvalue weighted by atomic mass is 16.4. The van der Waals surface area contributed by atoms with Crippen LogP contribution in [0.3, 0.4) is 0 Å². The zero-order valence-electron chi connectivity index (χ0n) is 10.2. The molecular formula is C13H17NO4. The SMILES string of the molecule is CCCC[C@H](Nc1ccc(C(=O)O)cc1)C(=O)O. The van der Waals surface area contributed by atoms with Crippen LogP contribution in [0.15, 0.2) is 24.3 Å². The third-order valence-corrected chi connectivity index (χ3v) is 2.62. The number of carboxylic acid groups (broad SMARTS) is 2. The molecule has 3 N–H and O–H groups in total. The summed E-state index contributed by atoms with van der Waals surface area (Å²) in [7, 11) is 0. The molecule has 1 aromatic carbocycles. The van der Waals surface area contributed by atoms with Crippen LogP contribution in [0.25, 0.3) is 0 Å². The second-order valence-corrected chi connectivity index (χ2v) is 4.06. The van der Waals surface area contributed by atoms with Gasteiger partial charge in [0, 0.05) is 5.69 Å². The summed E-state index contributed by atoms with van der Waals surface area (Å²) in [5, 5.41) is 20.7. The largest absolute Gasteiger partial charge is 0.480 e. The topological polar surface area (TPSA) is 86.6 Å². The van der Waals surface area contributed by atoms with Crippen LogP contribution in [0.4, 0.5) is 5.69 Å². The first-order valence-corrected chi connectivity index (χ1v) is 5.87. The Balaban J connectivity index is 2.68. The number of aromatic carboxylic acids is 1. The predicted molar refractivity (Wildman–Crippen MR) is 68.0 cm³/mol. The minimum absolute atomic E-state index is 0.181. The number of nitrogens with one attached hydrogen (secondary N) is 1. The highest BCUT2D eigenvalue weighted by Gasteiger charge is 2.16. The van der Waals surface area contributed by atoms with Gasteiger partial charge in [-0.05, 0) is 30.7 Å². The van der Waals surface area contributed by atoms with E-state index in [1.165, 1.54) is 12.1 Å². The van der Waals surface area contributed by atoms with Gasteiger partial charge >= 0.3 is 11.9 Å². The Morgan fingerprint density at radius 2 is 1.83 bits per heavy atom. The van der Waals surface area contributed by atoms with Crippen molar-refractivity contribution < 1.29 is 19.8 Å². The number of carbonyl (C=O) groups is 2. The number of aliphatic carboxylic acids is 1. The molecule has 0 aliphatic heterocycles. The summed E-state index contributed by atoms with van der Waals surface area (Å²) < 4.78 is 0. The summed E-state index contributed by atoms with van der Waals surface area (Å²) in [4.78, 5) is 21.7. The van der Waals surface area contributed by atoms with Gasteiger partial charge in [-0.25, -0.2) is 9.59 Å². The van der Waals surface area contributed by atoms with Gasteiger partial charge < -0.3 is 15.5 Å². The van der Waals surface area contributed by atoms with Crippen LogP contribution in [0, 0.1) is 0 Å². The van der Waals surface area contributed by atoms with Gasteiger partial charge in [-0.2, -0.15) is 0 Å². The zero-order chi connectivity index (χ0) is 13.5. The van der Waals surface area contributed by atoms with Crippen LogP contribution in [0.1, 0.15) is 36.5 Å². The Morgan fingerprint density at radius 3 is 2.28 bits per heavy atom. The third kappa shape index (κ3) is 4.08. The maximum absolute atomic E-state index is 11.0. The van der Waals surface area contributed by atoms with Crippen LogP contribution in [0.2, 0.25) is 0 Å². The van der Waals surface area contributed by atoms with E-state index >= 15 is 0 Å². The Labute approximate surface area is 105 Å². The predicted octanol–water partition coefficient (Wildman–Crippen LogP) is 2.44. The Hall–Kier alpha value is -2.04. The normalized spacial score (nSPS) is 11.8. The summed E-state index contributed by atoms with van der Waals surface area (Å²) in [6.07, 6.45) is 2.31. The second-order valence-electron chi connectivity index (χ2n) is 4.06. The van der Waals surface area contributed by atoms with E-state index in [1.54, 1.807) is 12.1 Å². The molecule has 18 heavy (non-hydrogen) atoms. The molecule has 98 valence electrons. The van der Waals surface area contributed by atoms with E-state index in [0.29, 0.717) is 12.1 Å². The van der Waals surface area contributed by atoms with Gasteiger partial charge in [-0.3, -0.25) is 0 Å². The molecule has 0 aliphatic rings. The standard InChI is InChI=1S/C13H17NO4/c1-2-3-4-11(13(17)18)14-10-7-5-9(6-8-10)12(15)16/h5-8,11,14H,2-4H2,1H3,(H,15,16)(H,17,18)/t11-/m0/s1. The molecule has 0 saturated carbocycles. The molecule has 1 aromatic rings. The smallest absolute Gasteiger partial charge is 0.335 e. The van der Waals surface area contributed by atoms with Crippen molar-refractivity contribution in [2.75, 3.05) is 5.32 Å². The lowest BCUT2D eigenvalue weighted by Crippen LogP contribution is -2.29. The summed E-state index contributed by atoms with van der Waals surface area (Å²) >= 11 is 0. The molecule has 5 heteroatoms. The molecule has 1 rings (SSSR count). The first-order chi connectivity index (χ1) is 8.54. The van der Waals surface area contributed by atoms with E-state index in [2.05, 4.69) is 5.32 Å². The van der Waals surface area contributed by atoms with Gasteiger partial charge in [-0.1, -0.05) is 19.8 Å². The minimum Gasteiger partial charge on any atom is -0.480 e. The fourth-order valence-electron chi connectivity index (χ4n) is 1.58. The van der Waals surface area contributed by atoms with Crippen molar-refractivity contribution in [3.8, 4) is 0 Å². The first-order valence-electron chi connectivity index (χ1n) is 5.87. The van der Waals surface area contributed by atoms with E-state index in [0.717, 1.165) is 12.8 Å². The molecule has 1 atom stereocenters. The molecule has 5 nitrogen and oxygen atoms in total. The number of anilines is 1. The van der Waals surface area contributed by atoms with Crippen molar-refractivity contribution in [2.45, 2.75) is 32.2 Å². The fraction of sp³-hybridized carbons (Fsp3) is 0.385. The maximum Gasteiger partial charge on any atom is 0.335 e. The lowest BCUT2D eigenvalue weighted by molar-refractivity contribution is -0.138. The van der Waals surface area contributed by atoms with Crippen LogP contribution < -0.4 is 5.32 Å². The quantitative estimate of drug-likeness (QED) is 0.692. The first kappa shape index (κ1) is 14.0. The van der Waals surface area contributed by atoms with Crippen molar-refractivity contribution >= 4 is 17.6 Å². The van der Waals surface area contributed by atoms with Gasteiger partial charge in [0.2, 0.25) is 0 Å². The Kier molecular flexibility index (Phi) is 5.17. The van der Waals surface area contributed by atoms with Gasteiger partial charge in [0.25, 0.3) is 0 Å². The van der Waals surface area contributed by atoms with Gasteiger partial charge in [0.15, 0.2) is 0 Å². The molecule has 0 heterocycles. The van der Waals surface area contributed by atoms with Crippen molar-refractivity contribution in [1.29, 1.82) is 0 Å². The average Bonchev–Trinajstić information content (AvgIpc) is 2.34. The molecule has 0 aromatic heterocycles. The summed E-state index contributed by atoms with van der Waals surface area (Å²) in [6, 6.07) is 5.41. The number of hydrogen-bond acceptors (Lipinski definition) is 3. The Morgan fingerprint density at radius 1 is 1.22 bits per heavy atom. The molecule has 0 amide bonds. The van der Waals surface area contributed by atoms with E-state index in [9.17, 15) is 9.59 Å². The maximum atomic E-state index is 11.0. The number of unbranched alkanes of at least 4 members (excludes halogenated alkanes) is 1. The Bertz CT molecular complexity index is 414. The zero-order valence-corrected chi connectivity index (χ0v) is 10.2. The average molecular weight is 251 g/mol. The van der Waals surface area contributed by atoms with E-state index in [-0.39, 0.29) is 5.56 Å². The highest BCUT2D eigenvalue weighted by Crippen LogP contribution is 2.13. The molecule has 0 unspecified atom stereocenters. The third-order valence-electron chi connectivity index (χ3n) is 2.62. The van der Waals surface area contributed by atoms with Crippen molar-refractivity contribution in [2.24, 2.45) is 0 Å². The summed E-state index contributed by atoms with van der Waals surface area (Å²) in [5.41, 5.74) is 0.796.